The molecular formula is C13H17N3O2. The predicted octanol–water partition coefficient (Wildman–Crippen LogP) is 0.413. The minimum atomic E-state index is -0.0781. The van der Waals surface area contributed by atoms with Crippen molar-refractivity contribution in [2.45, 2.75) is 0 Å². The van der Waals surface area contributed by atoms with E-state index < -0.39 is 0 Å². The zero-order chi connectivity index (χ0) is 12.8. The standard InChI is InChI=1S/C13H17N3O2/c1-14-5-6-15-12(17)10-3-2-4-11(9-10)13-16-7-8-18-13/h2-4,9,14H,5-8H2,1H3,(H,15,17). The largest absolute Gasteiger partial charge is 0.476 e. The molecule has 1 heterocycles. The van der Waals surface area contributed by atoms with Crippen LogP contribution in [-0.2, 0) is 4.74 Å². The van der Waals surface area contributed by atoms with Gasteiger partial charge in [-0.25, -0.2) is 4.99 Å². The molecule has 0 fully saturated rings. The van der Waals surface area contributed by atoms with Gasteiger partial charge in [0.15, 0.2) is 0 Å². The van der Waals surface area contributed by atoms with Crippen LogP contribution in [0.4, 0.5) is 0 Å². The molecule has 2 rings (SSSR count). The summed E-state index contributed by atoms with van der Waals surface area (Å²) in [6.07, 6.45) is 0. The number of rotatable bonds is 5. The highest BCUT2D eigenvalue weighted by atomic mass is 16.5. The van der Waals surface area contributed by atoms with E-state index in [1.807, 2.05) is 19.2 Å². The molecule has 1 amide bonds. The summed E-state index contributed by atoms with van der Waals surface area (Å²) in [5.41, 5.74) is 1.48. The van der Waals surface area contributed by atoms with E-state index in [0.29, 0.717) is 31.2 Å². The summed E-state index contributed by atoms with van der Waals surface area (Å²) in [6, 6.07) is 7.33. The topological polar surface area (TPSA) is 62.7 Å². The second-order valence-electron chi connectivity index (χ2n) is 3.98. The van der Waals surface area contributed by atoms with E-state index in [-0.39, 0.29) is 5.91 Å². The molecule has 96 valence electrons. The minimum Gasteiger partial charge on any atom is -0.476 e. The van der Waals surface area contributed by atoms with Gasteiger partial charge in [0, 0.05) is 24.2 Å². The van der Waals surface area contributed by atoms with Gasteiger partial charge in [-0.15, -0.1) is 0 Å². The van der Waals surface area contributed by atoms with Crippen molar-refractivity contribution in [2.24, 2.45) is 4.99 Å². The molecule has 0 aliphatic carbocycles. The van der Waals surface area contributed by atoms with Crippen LogP contribution in [0.2, 0.25) is 0 Å². The number of hydrogen-bond acceptors (Lipinski definition) is 4. The van der Waals surface area contributed by atoms with Gasteiger partial charge in [0.25, 0.3) is 5.91 Å². The zero-order valence-corrected chi connectivity index (χ0v) is 10.4. The summed E-state index contributed by atoms with van der Waals surface area (Å²) < 4.78 is 5.38. The summed E-state index contributed by atoms with van der Waals surface area (Å²) >= 11 is 0. The fraction of sp³-hybridized carbons (Fsp3) is 0.385. The maximum absolute atomic E-state index is 11.9. The summed E-state index contributed by atoms with van der Waals surface area (Å²) in [5.74, 6) is 0.547. The van der Waals surface area contributed by atoms with Crippen LogP contribution in [0.25, 0.3) is 0 Å². The minimum absolute atomic E-state index is 0.0781. The number of ether oxygens (including phenoxy) is 1. The molecule has 1 aromatic carbocycles. The first-order chi connectivity index (χ1) is 8.81. The van der Waals surface area contributed by atoms with Gasteiger partial charge in [-0.2, -0.15) is 0 Å². The smallest absolute Gasteiger partial charge is 0.251 e. The molecule has 0 atom stereocenters. The van der Waals surface area contributed by atoms with Gasteiger partial charge in [-0.05, 0) is 25.2 Å². The fourth-order valence-electron chi connectivity index (χ4n) is 1.71. The van der Waals surface area contributed by atoms with Gasteiger partial charge in [-0.1, -0.05) is 6.07 Å². The third-order valence-corrected chi connectivity index (χ3v) is 2.62. The lowest BCUT2D eigenvalue weighted by Gasteiger charge is -2.06. The molecule has 5 heteroatoms. The van der Waals surface area contributed by atoms with Crippen LogP contribution in [0.1, 0.15) is 15.9 Å². The van der Waals surface area contributed by atoms with Crippen molar-refractivity contribution in [3.05, 3.63) is 35.4 Å². The van der Waals surface area contributed by atoms with Crippen molar-refractivity contribution in [1.82, 2.24) is 10.6 Å². The van der Waals surface area contributed by atoms with Crippen LogP contribution in [0.15, 0.2) is 29.3 Å². The highest BCUT2D eigenvalue weighted by Crippen LogP contribution is 2.10. The lowest BCUT2D eigenvalue weighted by atomic mass is 10.1. The van der Waals surface area contributed by atoms with E-state index >= 15 is 0 Å². The number of hydrogen-bond donors (Lipinski definition) is 2. The Morgan fingerprint density at radius 3 is 3.06 bits per heavy atom. The van der Waals surface area contributed by atoms with Crippen molar-refractivity contribution in [1.29, 1.82) is 0 Å². The van der Waals surface area contributed by atoms with Crippen LogP contribution in [0.5, 0.6) is 0 Å². The van der Waals surface area contributed by atoms with Gasteiger partial charge in [0.1, 0.15) is 6.61 Å². The first-order valence-electron chi connectivity index (χ1n) is 6.02. The van der Waals surface area contributed by atoms with Crippen LogP contribution in [-0.4, -0.2) is 45.1 Å². The highest BCUT2D eigenvalue weighted by molar-refractivity contribution is 5.99. The number of carbonyl (C=O) groups excluding carboxylic acids is 1. The second kappa shape index (κ2) is 6.16. The molecule has 5 nitrogen and oxygen atoms in total. The summed E-state index contributed by atoms with van der Waals surface area (Å²) in [6.45, 7) is 2.67. The van der Waals surface area contributed by atoms with Gasteiger partial charge in [0.2, 0.25) is 5.90 Å². The quantitative estimate of drug-likeness (QED) is 0.741. The molecule has 0 radical (unpaired) electrons. The maximum atomic E-state index is 11.9. The molecular weight excluding hydrogens is 230 g/mol. The number of nitrogens with zero attached hydrogens (tertiary/aromatic N) is 1. The molecule has 0 bridgehead atoms. The summed E-state index contributed by atoms with van der Waals surface area (Å²) in [7, 11) is 1.85. The maximum Gasteiger partial charge on any atom is 0.251 e. The first kappa shape index (κ1) is 12.6. The molecule has 1 aromatic rings. The lowest BCUT2D eigenvalue weighted by molar-refractivity contribution is 0.0954. The first-order valence-corrected chi connectivity index (χ1v) is 6.02. The number of nitrogens with one attached hydrogen (secondary N) is 2. The number of aliphatic imine (C=N–C) groups is 1. The van der Waals surface area contributed by atoms with Gasteiger partial charge in [0.05, 0.1) is 6.54 Å². The summed E-state index contributed by atoms with van der Waals surface area (Å²) in [5, 5.41) is 5.81. The predicted molar refractivity (Wildman–Crippen MR) is 70.1 cm³/mol. The van der Waals surface area contributed by atoms with Crippen molar-refractivity contribution in [3.63, 3.8) is 0 Å². The number of likely N-dealkylation sites (N-methyl/N-ethyl adjacent to an activating group) is 1. The van der Waals surface area contributed by atoms with Crippen molar-refractivity contribution < 1.29 is 9.53 Å². The average Bonchev–Trinajstić information content (AvgIpc) is 2.93. The van der Waals surface area contributed by atoms with E-state index in [1.165, 1.54) is 0 Å². The van der Waals surface area contributed by atoms with Crippen LogP contribution < -0.4 is 10.6 Å². The Morgan fingerprint density at radius 2 is 2.33 bits per heavy atom. The normalized spacial score (nSPS) is 13.9. The highest BCUT2D eigenvalue weighted by Gasteiger charge is 2.12. The Balaban J connectivity index is 2.04. The third kappa shape index (κ3) is 3.07. The zero-order valence-electron chi connectivity index (χ0n) is 10.4. The van der Waals surface area contributed by atoms with E-state index in [1.54, 1.807) is 12.1 Å². The molecule has 0 saturated heterocycles. The summed E-state index contributed by atoms with van der Waals surface area (Å²) in [4.78, 5) is 16.1. The monoisotopic (exact) mass is 247 g/mol. The van der Waals surface area contributed by atoms with E-state index in [9.17, 15) is 4.79 Å². The van der Waals surface area contributed by atoms with Gasteiger partial charge in [-0.3, -0.25) is 4.79 Å². The Morgan fingerprint density at radius 1 is 1.44 bits per heavy atom. The van der Waals surface area contributed by atoms with E-state index in [0.717, 1.165) is 12.1 Å². The Bertz CT molecular complexity index is 457. The molecule has 0 unspecified atom stereocenters. The van der Waals surface area contributed by atoms with Crippen LogP contribution in [0, 0.1) is 0 Å². The number of carbonyl (C=O) groups is 1. The number of amides is 1. The molecule has 1 aliphatic rings. The van der Waals surface area contributed by atoms with Crippen LogP contribution in [0.3, 0.4) is 0 Å². The van der Waals surface area contributed by atoms with E-state index in [2.05, 4.69) is 15.6 Å². The Hall–Kier alpha value is -1.88. The average molecular weight is 247 g/mol. The molecule has 1 aliphatic heterocycles. The van der Waals surface area contributed by atoms with Crippen molar-refractivity contribution in [2.75, 3.05) is 33.3 Å². The molecule has 0 saturated carbocycles. The van der Waals surface area contributed by atoms with Crippen LogP contribution >= 0.6 is 0 Å². The SMILES string of the molecule is CNCCNC(=O)c1cccc(C2=NCCO2)c1. The van der Waals surface area contributed by atoms with Crippen molar-refractivity contribution in [3.8, 4) is 0 Å². The molecule has 0 spiro atoms. The van der Waals surface area contributed by atoms with Gasteiger partial charge < -0.3 is 15.4 Å². The van der Waals surface area contributed by atoms with Crippen molar-refractivity contribution >= 4 is 11.8 Å². The lowest BCUT2D eigenvalue weighted by Crippen LogP contribution is -2.30. The fourth-order valence-corrected chi connectivity index (χ4v) is 1.71. The Kier molecular flexibility index (Phi) is 4.30. The Labute approximate surface area is 106 Å². The second-order valence-corrected chi connectivity index (χ2v) is 3.98. The van der Waals surface area contributed by atoms with Gasteiger partial charge >= 0.3 is 0 Å². The molecule has 0 aromatic heterocycles. The molecule has 2 N–H and O–H groups in total. The number of benzene rings is 1. The van der Waals surface area contributed by atoms with E-state index in [4.69, 9.17) is 4.74 Å². The molecule has 18 heavy (non-hydrogen) atoms. The third-order valence-electron chi connectivity index (χ3n) is 2.62.